The van der Waals surface area contributed by atoms with E-state index in [2.05, 4.69) is 8.53 Å². The highest BCUT2D eigenvalue weighted by molar-refractivity contribution is 7.76. The predicted octanol–water partition coefficient (Wildman–Crippen LogP) is 2.52. The van der Waals surface area contributed by atoms with Gasteiger partial charge in [0.2, 0.25) is 0 Å². The molecule has 0 bridgehead atoms. The van der Waals surface area contributed by atoms with Gasteiger partial charge in [0.05, 0.1) is 0 Å². The Kier molecular flexibility index (Phi) is 4.64. The molecule has 0 saturated carbocycles. The standard InChI is InChI=1S/C3H6P2/c1-2-3-5-4/h2-4H,1H3/b3-2+. The van der Waals surface area contributed by atoms with E-state index in [1.807, 2.05) is 18.8 Å². The second-order valence-electron chi connectivity index (χ2n) is 0.612. The van der Waals surface area contributed by atoms with Crippen LogP contribution >= 0.6 is 16.4 Å². The first kappa shape index (κ1) is 5.34. The highest BCUT2D eigenvalue weighted by Crippen LogP contribution is 1.99. The van der Waals surface area contributed by atoms with Crippen LogP contribution in [0.1, 0.15) is 6.92 Å². The molecule has 0 aromatic carbocycles. The maximum atomic E-state index is 3.24. The van der Waals surface area contributed by atoms with Crippen molar-refractivity contribution in [3.05, 3.63) is 11.9 Å². The number of rotatable bonds is 1. The summed E-state index contributed by atoms with van der Waals surface area (Å²) in [7, 11) is 4.39. The fourth-order valence-electron chi connectivity index (χ4n) is 0.0745. The molecule has 2 heteroatoms. The maximum Gasteiger partial charge on any atom is -0.0349 e. The van der Waals surface area contributed by atoms with Crippen LogP contribution in [0.3, 0.4) is 0 Å². The molecule has 0 saturated heterocycles. The van der Waals surface area contributed by atoms with Crippen molar-refractivity contribution in [3.8, 4) is 0 Å². The molecule has 0 fully saturated rings. The third-order valence-electron chi connectivity index (χ3n) is 0.224. The molecule has 5 heavy (non-hydrogen) atoms. The summed E-state index contributed by atoms with van der Waals surface area (Å²) in [5.41, 5.74) is 0. The Hall–Kier alpha value is 0.340. The van der Waals surface area contributed by atoms with Crippen LogP contribution in [-0.4, -0.2) is 0 Å². The Labute approximate surface area is 36.1 Å². The summed E-state index contributed by atoms with van der Waals surface area (Å²) in [4.78, 5) is 0. The normalized spacial score (nSPS) is 10.6. The van der Waals surface area contributed by atoms with Crippen LogP contribution in [0, 0.1) is 0 Å². The molecule has 0 aromatic heterocycles. The topological polar surface area (TPSA) is 0 Å². The average molecular weight is 104 g/mol. The maximum absolute atomic E-state index is 3.24. The van der Waals surface area contributed by atoms with Gasteiger partial charge in [-0.25, -0.2) is 0 Å². The van der Waals surface area contributed by atoms with Crippen molar-refractivity contribution in [1.82, 2.24) is 0 Å². The van der Waals surface area contributed by atoms with E-state index >= 15 is 0 Å². The SMILES string of the molecule is C/C=C/P=P. The third-order valence-corrected chi connectivity index (χ3v) is 1.12. The van der Waals surface area contributed by atoms with Crippen molar-refractivity contribution in [2.24, 2.45) is 0 Å². The second-order valence-corrected chi connectivity index (χ2v) is 1.94. The summed E-state index contributed by atoms with van der Waals surface area (Å²) in [6.07, 6.45) is 1.99. The van der Waals surface area contributed by atoms with Gasteiger partial charge in [-0.15, -0.1) is 0 Å². The lowest BCUT2D eigenvalue weighted by molar-refractivity contribution is 1.79. The molecule has 0 heterocycles. The number of allylic oxidation sites excluding steroid dienone is 1. The third kappa shape index (κ3) is 4.34. The Bertz CT molecular complexity index is 46.9. The molecule has 0 aliphatic heterocycles. The Morgan fingerprint density at radius 2 is 2.40 bits per heavy atom. The Morgan fingerprint density at radius 3 is 2.40 bits per heavy atom. The van der Waals surface area contributed by atoms with E-state index in [1.54, 1.807) is 0 Å². The van der Waals surface area contributed by atoms with Crippen LogP contribution < -0.4 is 0 Å². The molecule has 0 unspecified atom stereocenters. The van der Waals surface area contributed by atoms with Crippen LogP contribution in [0.4, 0.5) is 0 Å². The summed E-state index contributed by atoms with van der Waals surface area (Å²) in [6, 6.07) is 0. The van der Waals surface area contributed by atoms with Crippen LogP contribution in [0.15, 0.2) is 11.9 Å². The smallest absolute Gasteiger partial charge is 0.0349 e. The fraction of sp³-hybridized carbons (Fsp3) is 0.333. The monoisotopic (exact) mass is 104 g/mol. The highest BCUT2D eigenvalue weighted by Gasteiger charge is 1.43. The summed E-state index contributed by atoms with van der Waals surface area (Å²) in [5, 5.41) is 0. The minimum atomic E-state index is 1.15. The van der Waals surface area contributed by atoms with Gasteiger partial charge in [0.25, 0.3) is 0 Å². The van der Waals surface area contributed by atoms with E-state index in [1.165, 1.54) is 0 Å². The lowest BCUT2D eigenvalue weighted by Crippen LogP contribution is -1.20. The van der Waals surface area contributed by atoms with E-state index in [0.717, 1.165) is 7.87 Å². The molecule has 0 aliphatic rings. The molecule has 0 nitrogen and oxygen atoms in total. The van der Waals surface area contributed by atoms with E-state index in [-0.39, 0.29) is 0 Å². The van der Waals surface area contributed by atoms with Gasteiger partial charge in [0.1, 0.15) is 0 Å². The van der Waals surface area contributed by atoms with Crippen LogP contribution in [0.2, 0.25) is 0 Å². The molecule has 28 valence electrons. The summed E-state index contributed by atoms with van der Waals surface area (Å²) in [6.45, 7) is 1.99. The van der Waals surface area contributed by atoms with Crippen LogP contribution in [0.5, 0.6) is 0 Å². The van der Waals surface area contributed by atoms with Crippen molar-refractivity contribution >= 4 is 16.4 Å². The first-order valence-electron chi connectivity index (χ1n) is 1.39. The minimum Gasteiger partial charge on any atom is -0.0890 e. The number of hydrogen-bond acceptors (Lipinski definition) is 0. The highest BCUT2D eigenvalue weighted by atomic mass is 31.7. The first-order chi connectivity index (χ1) is 2.41. The molecule has 0 spiro atoms. The minimum absolute atomic E-state index is 1.15. The quantitative estimate of drug-likeness (QED) is 0.448. The largest absolute Gasteiger partial charge is 0.0890 e. The first-order valence-corrected chi connectivity index (χ1v) is 3.70. The Morgan fingerprint density at radius 1 is 1.80 bits per heavy atom. The zero-order valence-electron chi connectivity index (χ0n) is 3.10. The van der Waals surface area contributed by atoms with Gasteiger partial charge in [-0.2, -0.15) is 0 Å². The van der Waals surface area contributed by atoms with Gasteiger partial charge in [-0.1, -0.05) is 22.5 Å². The molecule has 0 radical (unpaired) electrons. The van der Waals surface area contributed by atoms with E-state index < -0.39 is 0 Å². The van der Waals surface area contributed by atoms with Crippen LogP contribution in [0.25, 0.3) is 0 Å². The average Bonchev–Trinajstić information content (AvgIpc) is 1.41. The zero-order valence-corrected chi connectivity index (χ0v) is 5.00. The molecule has 0 atom stereocenters. The van der Waals surface area contributed by atoms with E-state index in [4.69, 9.17) is 0 Å². The van der Waals surface area contributed by atoms with Crippen molar-refractivity contribution in [2.75, 3.05) is 0 Å². The van der Waals surface area contributed by atoms with Crippen molar-refractivity contribution in [2.45, 2.75) is 6.92 Å². The summed E-state index contributed by atoms with van der Waals surface area (Å²) < 4.78 is 0. The molecular formula is C3H6P2. The van der Waals surface area contributed by atoms with Crippen molar-refractivity contribution < 1.29 is 0 Å². The lowest BCUT2D eigenvalue weighted by atomic mass is 10.8. The molecule has 0 N–H and O–H groups in total. The fourth-order valence-corrected chi connectivity index (χ4v) is 0.671. The lowest BCUT2D eigenvalue weighted by Gasteiger charge is -1.54. The van der Waals surface area contributed by atoms with E-state index in [0.29, 0.717) is 0 Å². The summed E-state index contributed by atoms with van der Waals surface area (Å²) in [5.74, 6) is 2.01. The van der Waals surface area contributed by atoms with Crippen molar-refractivity contribution in [3.63, 3.8) is 0 Å². The second kappa shape index (κ2) is 4.34. The predicted molar refractivity (Wildman–Crippen MR) is 30.0 cm³/mol. The van der Waals surface area contributed by atoms with Gasteiger partial charge in [0, 0.05) is 0 Å². The van der Waals surface area contributed by atoms with Gasteiger partial charge in [0.15, 0.2) is 0 Å². The van der Waals surface area contributed by atoms with Gasteiger partial charge < -0.3 is 0 Å². The van der Waals surface area contributed by atoms with Gasteiger partial charge in [-0.05, 0) is 12.7 Å². The molecule has 0 aliphatic carbocycles. The molecule has 0 rings (SSSR count). The molecular weight excluding hydrogens is 98.0 g/mol. The summed E-state index contributed by atoms with van der Waals surface area (Å²) >= 11 is 0. The van der Waals surface area contributed by atoms with Crippen LogP contribution in [-0.2, 0) is 0 Å². The van der Waals surface area contributed by atoms with Crippen molar-refractivity contribution in [1.29, 1.82) is 0 Å². The molecule has 0 amide bonds. The van der Waals surface area contributed by atoms with Gasteiger partial charge in [-0.3, -0.25) is 0 Å². The number of hydrogen-bond donors (Lipinski definition) is 0. The molecule has 0 aromatic rings. The van der Waals surface area contributed by atoms with E-state index in [9.17, 15) is 0 Å². The van der Waals surface area contributed by atoms with Gasteiger partial charge >= 0.3 is 0 Å². The Balaban J connectivity index is 2.92. The zero-order chi connectivity index (χ0) is 4.12.